The lowest BCUT2D eigenvalue weighted by atomic mass is 10.1. The van der Waals surface area contributed by atoms with Crippen LogP contribution in [-0.4, -0.2) is 30.3 Å². The van der Waals surface area contributed by atoms with Crippen molar-refractivity contribution in [2.75, 3.05) is 18.0 Å². The largest absolute Gasteiger partial charge is 0.508 e. The van der Waals surface area contributed by atoms with Crippen LogP contribution in [0.1, 0.15) is 40.0 Å². The average molecular weight is 279 g/mol. The van der Waals surface area contributed by atoms with Gasteiger partial charge in [-0.15, -0.1) is 0 Å². The molecule has 0 saturated carbocycles. The minimum atomic E-state index is -0.318. The smallest absolute Gasteiger partial charge is 0.293 e. The number of carbonyl (C=O) groups is 1. The monoisotopic (exact) mass is 279 g/mol. The lowest BCUT2D eigenvalue weighted by molar-refractivity contribution is -0.138. The molecule has 1 aliphatic heterocycles. The van der Waals surface area contributed by atoms with Crippen LogP contribution < -0.4 is 4.90 Å². The molecule has 4 nitrogen and oxygen atoms in total. The van der Waals surface area contributed by atoms with Crippen LogP contribution in [0.25, 0.3) is 0 Å². The zero-order valence-electron chi connectivity index (χ0n) is 12.6. The third-order valence-corrected chi connectivity index (χ3v) is 2.97. The van der Waals surface area contributed by atoms with Crippen molar-refractivity contribution in [3.8, 4) is 5.75 Å². The van der Waals surface area contributed by atoms with Crippen molar-refractivity contribution in [3.63, 3.8) is 0 Å². The summed E-state index contributed by atoms with van der Waals surface area (Å²) in [6.45, 7) is 8.24. The van der Waals surface area contributed by atoms with Gasteiger partial charge in [-0.3, -0.25) is 4.79 Å². The number of carbonyl (C=O) groups excluding carboxylic acids is 1. The highest BCUT2D eigenvalue weighted by Crippen LogP contribution is 2.21. The van der Waals surface area contributed by atoms with E-state index in [1.807, 2.05) is 32.9 Å². The maximum absolute atomic E-state index is 9.60. The Hall–Kier alpha value is -1.71. The molecule has 4 heteroatoms. The highest BCUT2D eigenvalue weighted by molar-refractivity contribution is 5.48. The Bertz CT molecular complexity index is 389. The molecule has 1 saturated heterocycles. The molecule has 0 bridgehead atoms. The summed E-state index contributed by atoms with van der Waals surface area (Å²) in [4.78, 5) is 12.0. The number of hydrogen-bond acceptors (Lipinski definition) is 4. The van der Waals surface area contributed by atoms with E-state index in [1.54, 1.807) is 12.1 Å². The molecule has 0 unspecified atom stereocenters. The normalized spacial score (nSPS) is 15.1. The summed E-state index contributed by atoms with van der Waals surface area (Å²) in [5.74, 6) is 0.348. The molecule has 1 heterocycles. The van der Waals surface area contributed by atoms with Gasteiger partial charge in [-0.25, -0.2) is 0 Å². The van der Waals surface area contributed by atoms with Crippen LogP contribution >= 0.6 is 0 Å². The van der Waals surface area contributed by atoms with Crippen molar-refractivity contribution < 1.29 is 14.6 Å². The standard InChI is InChI=1S/C11H15NO.C5H10O2/c13-11-6-4-10(5-7-11)12-8-2-1-3-9-12;1-5(2,3)7-4-6/h4-7,13H,1-3,8-9H2;4H,1-3H3. The summed E-state index contributed by atoms with van der Waals surface area (Å²) in [5, 5.41) is 9.14. The van der Waals surface area contributed by atoms with E-state index >= 15 is 0 Å². The second kappa shape index (κ2) is 7.78. The minimum Gasteiger partial charge on any atom is -0.508 e. The number of rotatable bonds is 2. The van der Waals surface area contributed by atoms with Crippen molar-refractivity contribution >= 4 is 12.2 Å². The number of benzene rings is 1. The van der Waals surface area contributed by atoms with Crippen LogP contribution in [0.4, 0.5) is 5.69 Å². The van der Waals surface area contributed by atoms with E-state index in [0.717, 1.165) is 13.1 Å². The molecule has 112 valence electrons. The van der Waals surface area contributed by atoms with Crippen LogP contribution in [-0.2, 0) is 9.53 Å². The molecule has 1 aromatic rings. The van der Waals surface area contributed by atoms with Gasteiger partial charge in [-0.1, -0.05) is 0 Å². The fraction of sp³-hybridized carbons (Fsp3) is 0.562. The zero-order chi connectivity index (χ0) is 15.0. The van der Waals surface area contributed by atoms with E-state index in [9.17, 15) is 4.79 Å². The number of piperidine rings is 1. The Morgan fingerprint density at radius 2 is 1.65 bits per heavy atom. The highest BCUT2D eigenvalue weighted by atomic mass is 16.5. The number of anilines is 1. The summed E-state index contributed by atoms with van der Waals surface area (Å²) in [7, 11) is 0. The molecule has 0 aliphatic carbocycles. The van der Waals surface area contributed by atoms with E-state index in [2.05, 4.69) is 9.64 Å². The number of hydrogen-bond donors (Lipinski definition) is 1. The second-order valence-corrected chi connectivity index (χ2v) is 5.89. The first-order valence-corrected chi connectivity index (χ1v) is 7.08. The van der Waals surface area contributed by atoms with Crippen molar-refractivity contribution in [2.24, 2.45) is 0 Å². The summed E-state index contributed by atoms with van der Waals surface area (Å²) in [5.41, 5.74) is 0.916. The fourth-order valence-corrected chi connectivity index (χ4v) is 1.96. The molecule has 0 amide bonds. The van der Waals surface area contributed by atoms with E-state index in [-0.39, 0.29) is 5.60 Å². The quantitative estimate of drug-likeness (QED) is 0.844. The van der Waals surface area contributed by atoms with Crippen LogP contribution in [0.15, 0.2) is 24.3 Å². The molecule has 1 aliphatic rings. The highest BCUT2D eigenvalue weighted by Gasteiger charge is 2.10. The van der Waals surface area contributed by atoms with Crippen molar-refractivity contribution in [2.45, 2.75) is 45.6 Å². The number of aromatic hydroxyl groups is 1. The number of phenols is 1. The van der Waals surface area contributed by atoms with Gasteiger partial charge in [-0.05, 0) is 64.3 Å². The Balaban J connectivity index is 0.000000246. The van der Waals surface area contributed by atoms with Gasteiger partial charge in [0.05, 0.1) is 0 Å². The van der Waals surface area contributed by atoms with Crippen molar-refractivity contribution in [1.29, 1.82) is 0 Å². The number of phenolic OH excluding ortho intramolecular Hbond substituents is 1. The summed E-state index contributed by atoms with van der Waals surface area (Å²) < 4.78 is 4.55. The van der Waals surface area contributed by atoms with Gasteiger partial charge in [0.2, 0.25) is 0 Å². The summed E-state index contributed by atoms with van der Waals surface area (Å²) >= 11 is 0. The average Bonchev–Trinajstić information content (AvgIpc) is 2.40. The maximum Gasteiger partial charge on any atom is 0.293 e. The van der Waals surface area contributed by atoms with Crippen molar-refractivity contribution in [3.05, 3.63) is 24.3 Å². The first-order chi connectivity index (χ1) is 9.42. The van der Waals surface area contributed by atoms with Crippen LogP contribution in [0.5, 0.6) is 5.75 Å². The minimum absolute atomic E-state index is 0.318. The van der Waals surface area contributed by atoms with Gasteiger partial charge in [0.1, 0.15) is 11.4 Å². The fourth-order valence-electron chi connectivity index (χ4n) is 1.96. The molecule has 1 fully saturated rings. The van der Waals surface area contributed by atoms with Gasteiger partial charge >= 0.3 is 0 Å². The Kier molecular flexibility index (Phi) is 6.36. The molecule has 1 aromatic carbocycles. The van der Waals surface area contributed by atoms with E-state index in [1.165, 1.54) is 24.9 Å². The van der Waals surface area contributed by atoms with Gasteiger partial charge in [0, 0.05) is 18.8 Å². The topological polar surface area (TPSA) is 49.8 Å². The molecule has 1 N–H and O–H groups in total. The molecular weight excluding hydrogens is 254 g/mol. The zero-order valence-corrected chi connectivity index (χ0v) is 12.6. The Labute approximate surface area is 121 Å². The summed E-state index contributed by atoms with van der Waals surface area (Å²) in [6.07, 6.45) is 3.94. The van der Waals surface area contributed by atoms with E-state index in [0.29, 0.717) is 12.2 Å². The van der Waals surface area contributed by atoms with Crippen LogP contribution in [0, 0.1) is 0 Å². The van der Waals surface area contributed by atoms with Gasteiger partial charge in [-0.2, -0.15) is 0 Å². The SMILES string of the molecule is CC(C)(C)OC=O.Oc1ccc(N2CCCCC2)cc1. The van der Waals surface area contributed by atoms with Gasteiger partial charge in [0.15, 0.2) is 0 Å². The third-order valence-electron chi connectivity index (χ3n) is 2.97. The third kappa shape index (κ3) is 6.45. The molecule has 0 spiro atoms. The Morgan fingerprint density at radius 3 is 2.05 bits per heavy atom. The lowest BCUT2D eigenvalue weighted by Crippen LogP contribution is -2.29. The van der Waals surface area contributed by atoms with Gasteiger partial charge < -0.3 is 14.7 Å². The molecule has 20 heavy (non-hydrogen) atoms. The predicted octanol–water partition coefficient (Wildman–Crippen LogP) is 3.34. The Morgan fingerprint density at radius 1 is 1.10 bits per heavy atom. The molecule has 0 atom stereocenters. The van der Waals surface area contributed by atoms with Crippen molar-refractivity contribution in [1.82, 2.24) is 0 Å². The predicted molar refractivity (Wildman–Crippen MR) is 81.1 cm³/mol. The van der Waals surface area contributed by atoms with Crippen LogP contribution in [0.2, 0.25) is 0 Å². The summed E-state index contributed by atoms with van der Waals surface area (Å²) in [6, 6.07) is 7.48. The molecule has 2 rings (SSSR count). The second-order valence-electron chi connectivity index (χ2n) is 5.89. The lowest BCUT2D eigenvalue weighted by Gasteiger charge is -2.28. The van der Waals surface area contributed by atoms with Gasteiger partial charge in [0.25, 0.3) is 6.47 Å². The first kappa shape index (κ1) is 16.3. The maximum atomic E-state index is 9.60. The number of nitrogens with zero attached hydrogens (tertiary/aromatic N) is 1. The van der Waals surface area contributed by atoms with E-state index < -0.39 is 0 Å². The molecular formula is C16H25NO3. The molecule has 0 radical (unpaired) electrons. The molecule has 0 aromatic heterocycles. The first-order valence-electron chi connectivity index (χ1n) is 7.08. The number of ether oxygens (including phenoxy) is 1. The van der Waals surface area contributed by atoms with Crippen LogP contribution in [0.3, 0.4) is 0 Å². The van der Waals surface area contributed by atoms with E-state index in [4.69, 9.17) is 5.11 Å².